The highest BCUT2D eigenvalue weighted by molar-refractivity contribution is 6.00. The number of benzene rings is 2. The number of rotatable bonds is 5. The van der Waals surface area contributed by atoms with Crippen molar-refractivity contribution in [3.05, 3.63) is 102 Å². The van der Waals surface area contributed by atoms with E-state index >= 15 is 0 Å². The van der Waals surface area contributed by atoms with Crippen LogP contribution in [0.1, 0.15) is 27.0 Å². The zero-order valence-corrected chi connectivity index (χ0v) is 17.0. The van der Waals surface area contributed by atoms with Gasteiger partial charge in [0.1, 0.15) is 5.75 Å². The van der Waals surface area contributed by atoms with Crippen molar-refractivity contribution in [2.24, 2.45) is 0 Å². The summed E-state index contributed by atoms with van der Waals surface area (Å²) in [6.07, 6.45) is 6.76. The molecule has 6 heteroatoms. The summed E-state index contributed by atoms with van der Waals surface area (Å²) in [5.74, 6) is 1.32. The average Bonchev–Trinajstić information content (AvgIpc) is 3.12. The van der Waals surface area contributed by atoms with Gasteiger partial charge in [-0.2, -0.15) is 0 Å². The molecule has 2 aromatic heterocycles. The van der Waals surface area contributed by atoms with Crippen molar-refractivity contribution >= 4 is 5.91 Å². The van der Waals surface area contributed by atoms with Gasteiger partial charge < -0.3 is 9.64 Å². The average molecular weight is 408 g/mol. The molecule has 0 saturated carbocycles. The third-order valence-electron chi connectivity index (χ3n) is 5.30. The minimum atomic E-state index is 0.0620. The lowest BCUT2D eigenvalue weighted by atomic mass is 9.99. The van der Waals surface area contributed by atoms with Crippen LogP contribution >= 0.6 is 0 Å². The largest absolute Gasteiger partial charge is 0.439 e. The highest BCUT2D eigenvalue weighted by atomic mass is 16.5. The molecule has 152 valence electrons. The van der Waals surface area contributed by atoms with E-state index in [2.05, 4.69) is 15.0 Å². The van der Waals surface area contributed by atoms with Crippen LogP contribution in [0.3, 0.4) is 0 Å². The summed E-state index contributed by atoms with van der Waals surface area (Å²) in [5.41, 5.74) is 5.62. The second-order valence-corrected chi connectivity index (χ2v) is 7.49. The fraction of sp³-hybridized carbons (Fsp3) is 0.120. The fourth-order valence-electron chi connectivity index (χ4n) is 3.86. The number of amides is 1. The first kappa shape index (κ1) is 18.9. The molecule has 0 N–H and O–H groups in total. The molecule has 1 aliphatic heterocycles. The Labute approximate surface area is 180 Å². The number of pyridine rings is 1. The molecule has 1 aliphatic rings. The Hall–Kier alpha value is -4.06. The van der Waals surface area contributed by atoms with E-state index in [-0.39, 0.29) is 5.91 Å². The second-order valence-electron chi connectivity index (χ2n) is 7.49. The summed E-state index contributed by atoms with van der Waals surface area (Å²) in [5, 5.41) is 0. The van der Waals surface area contributed by atoms with Gasteiger partial charge in [0.2, 0.25) is 5.88 Å². The number of aryl methyl sites for hydroxylation is 1. The zero-order valence-electron chi connectivity index (χ0n) is 17.0. The second kappa shape index (κ2) is 7.99. The molecule has 0 fully saturated rings. The molecule has 0 unspecified atom stereocenters. The van der Waals surface area contributed by atoms with E-state index in [0.717, 1.165) is 33.5 Å². The van der Waals surface area contributed by atoms with Crippen molar-refractivity contribution in [3.8, 4) is 22.9 Å². The van der Waals surface area contributed by atoms with Crippen molar-refractivity contribution in [3.63, 3.8) is 0 Å². The van der Waals surface area contributed by atoms with E-state index in [4.69, 9.17) is 4.74 Å². The van der Waals surface area contributed by atoms with Crippen LogP contribution < -0.4 is 4.74 Å². The van der Waals surface area contributed by atoms with Gasteiger partial charge in [0.15, 0.2) is 0 Å². The van der Waals surface area contributed by atoms with E-state index in [1.807, 2.05) is 66.4 Å². The summed E-state index contributed by atoms with van der Waals surface area (Å²) < 4.78 is 5.74. The number of ether oxygens (including phenoxy) is 1. The molecule has 1 amide bonds. The standard InChI is InChI=1S/C25H20N4O2/c1-17-12-19(22-14-26-10-11-27-22)13-20-16-29(25(30)24(17)20)15-18-5-7-21(8-6-18)31-23-4-2-3-9-28-23/h2-14H,15-16H2,1H3. The van der Waals surface area contributed by atoms with Crippen LogP contribution in [-0.2, 0) is 13.1 Å². The van der Waals surface area contributed by atoms with E-state index in [1.165, 1.54) is 0 Å². The minimum Gasteiger partial charge on any atom is -0.439 e. The number of fused-ring (bicyclic) bond motifs is 1. The monoisotopic (exact) mass is 408 g/mol. The van der Waals surface area contributed by atoms with Gasteiger partial charge in [0.25, 0.3) is 5.91 Å². The van der Waals surface area contributed by atoms with Gasteiger partial charge >= 0.3 is 0 Å². The molecular weight excluding hydrogens is 388 g/mol. The van der Waals surface area contributed by atoms with Crippen LogP contribution in [0.5, 0.6) is 11.6 Å². The Morgan fingerprint density at radius 1 is 1.00 bits per heavy atom. The van der Waals surface area contributed by atoms with Gasteiger partial charge in [-0.15, -0.1) is 0 Å². The highest BCUT2D eigenvalue weighted by Gasteiger charge is 2.29. The molecule has 0 spiro atoms. The molecule has 3 heterocycles. The number of aromatic nitrogens is 3. The lowest BCUT2D eigenvalue weighted by Gasteiger charge is -2.16. The van der Waals surface area contributed by atoms with Gasteiger partial charge in [-0.25, -0.2) is 4.98 Å². The van der Waals surface area contributed by atoms with Crippen molar-refractivity contribution < 1.29 is 9.53 Å². The fourth-order valence-corrected chi connectivity index (χ4v) is 3.86. The molecule has 4 aromatic rings. The maximum atomic E-state index is 13.0. The normalized spacial score (nSPS) is 12.7. The minimum absolute atomic E-state index is 0.0620. The van der Waals surface area contributed by atoms with Crippen LogP contribution in [0.4, 0.5) is 0 Å². The number of carbonyl (C=O) groups is 1. The van der Waals surface area contributed by atoms with Gasteiger partial charge in [0, 0.05) is 48.9 Å². The molecule has 0 radical (unpaired) electrons. The molecule has 0 atom stereocenters. The van der Waals surface area contributed by atoms with Crippen LogP contribution in [-0.4, -0.2) is 25.8 Å². The van der Waals surface area contributed by atoms with E-state index in [9.17, 15) is 4.79 Å². The van der Waals surface area contributed by atoms with Gasteiger partial charge in [-0.3, -0.25) is 14.8 Å². The van der Waals surface area contributed by atoms with Crippen LogP contribution in [0.2, 0.25) is 0 Å². The summed E-state index contributed by atoms with van der Waals surface area (Å²) in [6.45, 7) is 3.09. The zero-order chi connectivity index (χ0) is 21.2. The number of nitrogens with zero attached hydrogens (tertiary/aromatic N) is 4. The summed E-state index contributed by atoms with van der Waals surface area (Å²) in [4.78, 5) is 27.6. The molecule has 31 heavy (non-hydrogen) atoms. The van der Waals surface area contributed by atoms with Crippen molar-refractivity contribution in [2.75, 3.05) is 0 Å². The van der Waals surface area contributed by atoms with Crippen LogP contribution in [0.25, 0.3) is 11.3 Å². The quantitative estimate of drug-likeness (QED) is 0.475. The highest BCUT2D eigenvalue weighted by Crippen LogP contribution is 2.31. The lowest BCUT2D eigenvalue weighted by molar-refractivity contribution is 0.0766. The lowest BCUT2D eigenvalue weighted by Crippen LogP contribution is -2.23. The number of hydrogen-bond donors (Lipinski definition) is 0. The molecule has 0 saturated heterocycles. The summed E-state index contributed by atoms with van der Waals surface area (Å²) in [6, 6.07) is 17.3. The van der Waals surface area contributed by atoms with Gasteiger partial charge in [-0.05, 0) is 53.9 Å². The summed E-state index contributed by atoms with van der Waals surface area (Å²) in [7, 11) is 0. The van der Waals surface area contributed by atoms with E-state index in [0.29, 0.717) is 24.7 Å². The Kier molecular flexibility index (Phi) is 4.88. The first-order valence-corrected chi connectivity index (χ1v) is 10.0. The smallest absolute Gasteiger partial charge is 0.255 e. The third kappa shape index (κ3) is 3.88. The topological polar surface area (TPSA) is 68.2 Å². The van der Waals surface area contributed by atoms with Crippen molar-refractivity contribution in [2.45, 2.75) is 20.0 Å². The first-order chi connectivity index (χ1) is 15.2. The Morgan fingerprint density at radius 2 is 1.87 bits per heavy atom. The Bertz CT molecular complexity index is 1230. The Balaban J connectivity index is 1.32. The molecule has 6 nitrogen and oxygen atoms in total. The van der Waals surface area contributed by atoms with E-state index in [1.54, 1.807) is 24.8 Å². The van der Waals surface area contributed by atoms with Crippen LogP contribution in [0.15, 0.2) is 79.4 Å². The predicted octanol–water partition coefficient (Wildman–Crippen LogP) is 4.80. The molecule has 0 bridgehead atoms. The molecular formula is C25H20N4O2. The third-order valence-corrected chi connectivity index (χ3v) is 5.30. The molecule has 2 aromatic carbocycles. The number of hydrogen-bond acceptors (Lipinski definition) is 5. The van der Waals surface area contributed by atoms with Crippen LogP contribution in [0, 0.1) is 6.92 Å². The van der Waals surface area contributed by atoms with Gasteiger partial charge in [0.05, 0.1) is 11.9 Å². The van der Waals surface area contributed by atoms with Crippen molar-refractivity contribution in [1.82, 2.24) is 19.9 Å². The van der Waals surface area contributed by atoms with Crippen molar-refractivity contribution in [1.29, 1.82) is 0 Å². The molecule has 5 rings (SSSR count). The maximum absolute atomic E-state index is 13.0. The predicted molar refractivity (Wildman–Crippen MR) is 117 cm³/mol. The Morgan fingerprint density at radius 3 is 2.61 bits per heavy atom. The van der Waals surface area contributed by atoms with E-state index < -0.39 is 0 Å². The SMILES string of the molecule is Cc1cc(-c2cnccn2)cc2c1C(=O)N(Cc1ccc(Oc3ccccn3)cc1)C2. The summed E-state index contributed by atoms with van der Waals surface area (Å²) >= 11 is 0. The van der Waals surface area contributed by atoms with Gasteiger partial charge in [-0.1, -0.05) is 18.2 Å². The molecule has 0 aliphatic carbocycles. The maximum Gasteiger partial charge on any atom is 0.255 e. The number of carbonyl (C=O) groups excluding carboxylic acids is 1. The first-order valence-electron chi connectivity index (χ1n) is 10.0.